The van der Waals surface area contributed by atoms with E-state index in [0.29, 0.717) is 0 Å². The molecule has 0 unspecified atom stereocenters. The van der Waals surface area contributed by atoms with E-state index in [4.69, 9.17) is 11.1 Å². The number of unbranched alkanes of at least 4 members (excludes halogenated alkanes) is 3. The summed E-state index contributed by atoms with van der Waals surface area (Å²) in [5.41, 5.74) is 6.92. The van der Waals surface area contributed by atoms with Crippen molar-refractivity contribution in [2.45, 2.75) is 39.0 Å². The van der Waals surface area contributed by atoms with Gasteiger partial charge < -0.3 is 5.73 Å². The van der Waals surface area contributed by atoms with Crippen molar-refractivity contribution < 1.29 is 0 Å². The van der Waals surface area contributed by atoms with Crippen molar-refractivity contribution in [3.63, 3.8) is 0 Å². The Morgan fingerprint density at radius 2 is 2.06 bits per heavy atom. The van der Waals surface area contributed by atoms with Gasteiger partial charge in [-0.3, -0.25) is 5.41 Å². The molecule has 0 saturated heterocycles. The van der Waals surface area contributed by atoms with E-state index in [1.54, 1.807) is 11.3 Å². The topological polar surface area (TPSA) is 49.9 Å². The number of fused-ring (bicyclic) bond motifs is 1. The van der Waals surface area contributed by atoms with Crippen LogP contribution in [0.1, 0.15) is 43.0 Å². The van der Waals surface area contributed by atoms with E-state index in [-0.39, 0.29) is 5.84 Å². The highest BCUT2D eigenvalue weighted by Crippen LogP contribution is 2.26. The molecule has 0 fully saturated rings. The van der Waals surface area contributed by atoms with Gasteiger partial charge in [-0.25, -0.2) is 0 Å². The quantitative estimate of drug-likeness (QED) is 0.454. The van der Waals surface area contributed by atoms with Gasteiger partial charge in [0.25, 0.3) is 0 Å². The summed E-state index contributed by atoms with van der Waals surface area (Å²) >= 11 is 1.60. The minimum Gasteiger partial charge on any atom is -0.383 e. The Morgan fingerprint density at radius 1 is 1.22 bits per heavy atom. The van der Waals surface area contributed by atoms with E-state index in [1.165, 1.54) is 41.3 Å². The van der Waals surface area contributed by atoms with Crippen LogP contribution < -0.4 is 5.73 Å². The van der Waals surface area contributed by atoms with Crippen LogP contribution in [0.25, 0.3) is 10.1 Å². The van der Waals surface area contributed by atoms with Crippen LogP contribution in [0.2, 0.25) is 0 Å². The number of rotatable bonds is 6. The van der Waals surface area contributed by atoms with Crippen molar-refractivity contribution in [1.82, 2.24) is 0 Å². The van der Waals surface area contributed by atoms with Crippen molar-refractivity contribution in [3.05, 3.63) is 34.7 Å². The predicted octanol–water partition coefficient (Wildman–Crippen LogP) is 4.31. The molecule has 1 aromatic heterocycles. The second-order valence-electron chi connectivity index (χ2n) is 4.71. The summed E-state index contributed by atoms with van der Waals surface area (Å²) in [5.74, 6) is 0.167. The fraction of sp³-hybridized carbons (Fsp3) is 0.400. The van der Waals surface area contributed by atoms with Gasteiger partial charge in [0.1, 0.15) is 5.84 Å². The first-order valence-corrected chi connectivity index (χ1v) is 7.39. The average Bonchev–Trinajstić information content (AvgIpc) is 2.78. The number of amidine groups is 1. The van der Waals surface area contributed by atoms with Crippen LogP contribution in [0, 0.1) is 5.41 Å². The molecule has 0 aliphatic carbocycles. The van der Waals surface area contributed by atoms with Gasteiger partial charge in [-0.05, 0) is 35.9 Å². The average molecular weight is 260 g/mol. The van der Waals surface area contributed by atoms with Crippen LogP contribution in [0.15, 0.2) is 24.3 Å². The number of benzene rings is 1. The van der Waals surface area contributed by atoms with Crippen molar-refractivity contribution >= 4 is 27.3 Å². The third kappa shape index (κ3) is 3.10. The molecule has 0 aliphatic rings. The minimum atomic E-state index is 0.167. The Bertz CT molecular complexity index is 542. The highest BCUT2D eigenvalue weighted by molar-refractivity contribution is 7.20. The third-order valence-electron chi connectivity index (χ3n) is 3.17. The van der Waals surface area contributed by atoms with Crippen LogP contribution in [-0.2, 0) is 6.42 Å². The van der Waals surface area contributed by atoms with Gasteiger partial charge in [-0.2, -0.15) is 0 Å². The van der Waals surface area contributed by atoms with Crippen LogP contribution in [0.3, 0.4) is 0 Å². The standard InChI is InChI=1S/C15H20N2S/c1-2-3-4-5-6-11-7-8-13-12(9-11)10-14(18-13)15(16)17/h7-10H,2-6H2,1H3,(H3,16,17). The Morgan fingerprint density at radius 3 is 2.78 bits per heavy atom. The molecule has 0 aliphatic heterocycles. The van der Waals surface area contributed by atoms with Gasteiger partial charge in [0.15, 0.2) is 0 Å². The molecular weight excluding hydrogens is 240 g/mol. The number of nitrogen functional groups attached to an aromatic ring is 1. The number of hydrogen-bond acceptors (Lipinski definition) is 2. The van der Waals surface area contributed by atoms with E-state index in [1.807, 2.05) is 6.07 Å². The van der Waals surface area contributed by atoms with Crippen molar-refractivity contribution in [3.8, 4) is 0 Å². The molecule has 2 aromatic rings. The lowest BCUT2D eigenvalue weighted by Crippen LogP contribution is -2.08. The fourth-order valence-electron chi connectivity index (χ4n) is 2.14. The minimum absolute atomic E-state index is 0.167. The second kappa shape index (κ2) is 6.01. The van der Waals surface area contributed by atoms with E-state index in [0.717, 1.165) is 11.3 Å². The zero-order valence-corrected chi connectivity index (χ0v) is 11.6. The summed E-state index contributed by atoms with van der Waals surface area (Å²) in [6, 6.07) is 8.62. The molecule has 0 spiro atoms. The number of aryl methyl sites for hydroxylation is 1. The molecule has 1 aromatic carbocycles. The Balaban J connectivity index is 2.09. The molecular formula is C15H20N2S. The Hall–Kier alpha value is -1.35. The lowest BCUT2D eigenvalue weighted by molar-refractivity contribution is 0.667. The molecule has 0 radical (unpaired) electrons. The fourth-order valence-corrected chi connectivity index (χ4v) is 3.04. The maximum atomic E-state index is 7.47. The van der Waals surface area contributed by atoms with E-state index in [2.05, 4.69) is 25.1 Å². The zero-order valence-electron chi connectivity index (χ0n) is 10.8. The molecule has 1 heterocycles. The van der Waals surface area contributed by atoms with E-state index >= 15 is 0 Å². The summed E-state index contributed by atoms with van der Waals surface area (Å²) in [6.45, 7) is 2.24. The maximum Gasteiger partial charge on any atom is 0.133 e. The lowest BCUT2D eigenvalue weighted by atomic mass is 10.0. The third-order valence-corrected chi connectivity index (χ3v) is 4.31. The van der Waals surface area contributed by atoms with Crippen molar-refractivity contribution in [1.29, 1.82) is 5.41 Å². The van der Waals surface area contributed by atoms with E-state index < -0.39 is 0 Å². The molecule has 18 heavy (non-hydrogen) atoms. The monoisotopic (exact) mass is 260 g/mol. The van der Waals surface area contributed by atoms with Gasteiger partial charge >= 0.3 is 0 Å². The molecule has 2 rings (SSSR count). The first-order valence-electron chi connectivity index (χ1n) is 6.57. The number of nitrogens with two attached hydrogens (primary N) is 1. The largest absolute Gasteiger partial charge is 0.383 e. The summed E-state index contributed by atoms with van der Waals surface area (Å²) in [5, 5.41) is 8.69. The highest BCUT2D eigenvalue weighted by atomic mass is 32.1. The Kier molecular flexibility index (Phi) is 4.37. The van der Waals surface area contributed by atoms with Crippen LogP contribution in [0.5, 0.6) is 0 Å². The molecule has 0 atom stereocenters. The van der Waals surface area contributed by atoms with Gasteiger partial charge in [0.2, 0.25) is 0 Å². The van der Waals surface area contributed by atoms with Crippen LogP contribution in [0.4, 0.5) is 0 Å². The SMILES string of the molecule is CCCCCCc1ccc2sc(C(=N)N)cc2c1. The molecule has 96 valence electrons. The summed E-state index contributed by atoms with van der Waals surface area (Å²) < 4.78 is 1.22. The molecule has 2 nitrogen and oxygen atoms in total. The molecule has 0 saturated carbocycles. The first-order chi connectivity index (χ1) is 8.70. The molecule has 3 N–H and O–H groups in total. The highest BCUT2D eigenvalue weighted by Gasteiger charge is 2.04. The number of thiophene rings is 1. The number of nitrogens with one attached hydrogen (secondary N) is 1. The molecule has 0 bridgehead atoms. The summed E-state index contributed by atoms with van der Waals surface area (Å²) in [4.78, 5) is 0.869. The Labute approximate surface area is 112 Å². The van der Waals surface area contributed by atoms with Crippen molar-refractivity contribution in [2.24, 2.45) is 5.73 Å². The second-order valence-corrected chi connectivity index (χ2v) is 5.79. The molecule has 0 amide bonds. The predicted molar refractivity (Wildman–Crippen MR) is 80.7 cm³/mol. The van der Waals surface area contributed by atoms with E-state index in [9.17, 15) is 0 Å². The summed E-state index contributed by atoms with van der Waals surface area (Å²) in [7, 11) is 0. The van der Waals surface area contributed by atoms with Gasteiger partial charge in [-0.15, -0.1) is 11.3 Å². The van der Waals surface area contributed by atoms with Crippen molar-refractivity contribution in [2.75, 3.05) is 0 Å². The van der Waals surface area contributed by atoms with Crippen LogP contribution in [-0.4, -0.2) is 5.84 Å². The first kappa shape index (κ1) is 13.1. The number of hydrogen-bond donors (Lipinski definition) is 2. The maximum absolute atomic E-state index is 7.47. The summed E-state index contributed by atoms with van der Waals surface area (Å²) in [6.07, 6.45) is 6.35. The zero-order chi connectivity index (χ0) is 13.0. The molecule has 3 heteroatoms. The lowest BCUT2D eigenvalue weighted by Gasteiger charge is -2.01. The van der Waals surface area contributed by atoms with Crippen LogP contribution >= 0.6 is 11.3 Å². The smallest absolute Gasteiger partial charge is 0.133 e. The van der Waals surface area contributed by atoms with Gasteiger partial charge in [-0.1, -0.05) is 38.3 Å². The van der Waals surface area contributed by atoms with Gasteiger partial charge in [0.05, 0.1) is 4.88 Å². The van der Waals surface area contributed by atoms with Gasteiger partial charge in [0, 0.05) is 4.70 Å². The normalized spacial score (nSPS) is 10.9.